The van der Waals surface area contributed by atoms with E-state index >= 15 is 0 Å². The fourth-order valence-electron chi connectivity index (χ4n) is 2.03. The molecular weight excluding hydrogens is 328 g/mol. The molecule has 5 heteroatoms. The van der Waals surface area contributed by atoms with Gasteiger partial charge in [-0.1, -0.05) is 22.0 Å². The lowest BCUT2D eigenvalue weighted by Gasteiger charge is -2.14. The van der Waals surface area contributed by atoms with Gasteiger partial charge in [0.2, 0.25) is 0 Å². The smallest absolute Gasteiger partial charge is 0.131 e. The molecule has 2 aromatic carbocycles. The summed E-state index contributed by atoms with van der Waals surface area (Å²) in [6.45, 7) is 0. The Morgan fingerprint density at radius 3 is 2.55 bits per heavy atom. The van der Waals surface area contributed by atoms with Crippen LogP contribution in [0.5, 0.6) is 5.75 Å². The molecule has 1 atom stereocenters. The molecule has 0 aliphatic carbocycles. The van der Waals surface area contributed by atoms with Crippen LogP contribution in [0.15, 0.2) is 40.9 Å². The average Bonchev–Trinajstić information content (AvgIpc) is 2.36. The second-order valence-corrected chi connectivity index (χ2v) is 5.39. The van der Waals surface area contributed by atoms with Crippen LogP contribution in [0.4, 0.5) is 8.78 Å². The number of nitrogens with two attached hydrogens (primary N) is 1. The van der Waals surface area contributed by atoms with Gasteiger partial charge in [-0.05, 0) is 36.2 Å². The van der Waals surface area contributed by atoms with Gasteiger partial charge in [-0.25, -0.2) is 8.78 Å². The molecule has 2 aromatic rings. The topological polar surface area (TPSA) is 35.2 Å². The van der Waals surface area contributed by atoms with Crippen LogP contribution in [0.2, 0.25) is 0 Å². The monoisotopic (exact) mass is 341 g/mol. The molecule has 0 aliphatic rings. The van der Waals surface area contributed by atoms with Gasteiger partial charge >= 0.3 is 0 Å². The number of ether oxygens (including phenoxy) is 1. The van der Waals surface area contributed by atoms with Gasteiger partial charge in [0.1, 0.15) is 17.4 Å². The van der Waals surface area contributed by atoms with Gasteiger partial charge < -0.3 is 10.5 Å². The van der Waals surface area contributed by atoms with Crippen LogP contribution in [-0.2, 0) is 6.42 Å². The molecule has 0 saturated heterocycles. The fraction of sp³-hybridized carbons (Fsp3) is 0.200. The van der Waals surface area contributed by atoms with Crippen LogP contribution < -0.4 is 10.5 Å². The maximum atomic E-state index is 13.9. The molecule has 2 nitrogen and oxygen atoms in total. The third-order valence-corrected chi connectivity index (χ3v) is 3.44. The Bertz CT molecular complexity index is 599. The first-order valence-corrected chi connectivity index (χ1v) is 6.83. The van der Waals surface area contributed by atoms with Crippen molar-refractivity contribution in [1.29, 1.82) is 0 Å². The first kappa shape index (κ1) is 14.9. The standard InChI is InChI=1S/C15H14BrF2NO/c1-20-12-2-3-13(14(18)8-12)15(19)6-9-4-10(16)7-11(17)5-9/h2-5,7-8,15H,6,19H2,1H3. The zero-order valence-corrected chi connectivity index (χ0v) is 12.5. The molecule has 1 unspecified atom stereocenters. The number of hydrogen-bond donors (Lipinski definition) is 1. The van der Waals surface area contributed by atoms with Crippen molar-refractivity contribution in [3.05, 3.63) is 63.6 Å². The van der Waals surface area contributed by atoms with Crippen LogP contribution in [-0.4, -0.2) is 7.11 Å². The molecule has 106 valence electrons. The highest BCUT2D eigenvalue weighted by Crippen LogP contribution is 2.24. The molecule has 0 amide bonds. The van der Waals surface area contributed by atoms with Gasteiger partial charge in [0.05, 0.1) is 7.11 Å². The van der Waals surface area contributed by atoms with Crippen molar-refractivity contribution in [1.82, 2.24) is 0 Å². The molecule has 0 heterocycles. The van der Waals surface area contributed by atoms with Crippen molar-refractivity contribution in [2.75, 3.05) is 7.11 Å². The summed E-state index contributed by atoms with van der Waals surface area (Å²) in [5, 5.41) is 0. The van der Waals surface area contributed by atoms with Crippen molar-refractivity contribution in [3.8, 4) is 5.75 Å². The highest BCUT2D eigenvalue weighted by Gasteiger charge is 2.13. The Balaban J connectivity index is 2.21. The fourth-order valence-corrected chi connectivity index (χ4v) is 2.54. The first-order chi connectivity index (χ1) is 9.49. The van der Waals surface area contributed by atoms with Crippen LogP contribution in [0.1, 0.15) is 17.2 Å². The second-order valence-electron chi connectivity index (χ2n) is 4.48. The van der Waals surface area contributed by atoms with Crippen LogP contribution in [0.25, 0.3) is 0 Å². The predicted octanol–water partition coefficient (Wildman–Crippen LogP) is 3.98. The molecule has 0 spiro atoms. The maximum Gasteiger partial charge on any atom is 0.131 e. The van der Waals surface area contributed by atoms with Crippen LogP contribution in [0, 0.1) is 11.6 Å². The Kier molecular flexibility index (Phi) is 4.73. The van der Waals surface area contributed by atoms with Crippen molar-refractivity contribution in [3.63, 3.8) is 0 Å². The Morgan fingerprint density at radius 2 is 1.95 bits per heavy atom. The van der Waals surface area contributed by atoms with E-state index in [1.165, 1.54) is 25.3 Å². The third kappa shape index (κ3) is 3.55. The van der Waals surface area contributed by atoms with Gasteiger partial charge in [0, 0.05) is 22.1 Å². The predicted molar refractivity (Wildman–Crippen MR) is 77.7 cm³/mol. The lowest BCUT2D eigenvalue weighted by atomic mass is 9.99. The molecule has 0 aliphatic heterocycles. The lowest BCUT2D eigenvalue weighted by molar-refractivity contribution is 0.410. The summed E-state index contributed by atoms with van der Waals surface area (Å²) in [6, 6.07) is 8.51. The molecule has 0 aromatic heterocycles. The molecule has 0 bridgehead atoms. The van der Waals surface area contributed by atoms with Gasteiger partial charge in [-0.15, -0.1) is 0 Å². The summed E-state index contributed by atoms with van der Waals surface area (Å²) in [6.07, 6.45) is 0.347. The summed E-state index contributed by atoms with van der Waals surface area (Å²) in [4.78, 5) is 0. The van der Waals surface area contributed by atoms with E-state index in [1.807, 2.05) is 0 Å². The summed E-state index contributed by atoms with van der Waals surface area (Å²) in [7, 11) is 1.47. The third-order valence-electron chi connectivity index (χ3n) is 2.99. The highest BCUT2D eigenvalue weighted by molar-refractivity contribution is 9.10. The molecule has 0 fully saturated rings. The minimum atomic E-state index is -0.547. The summed E-state index contributed by atoms with van der Waals surface area (Å²) in [5.41, 5.74) is 7.09. The Hall–Kier alpha value is -1.46. The van der Waals surface area contributed by atoms with E-state index in [4.69, 9.17) is 10.5 Å². The Labute approximate surface area is 124 Å². The summed E-state index contributed by atoms with van der Waals surface area (Å²) >= 11 is 3.22. The van der Waals surface area contributed by atoms with Crippen molar-refractivity contribution in [2.24, 2.45) is 5.73 Å². The minimum absolute atomic E-state index is 0.347. The van der Waals surface area contributed by atoms with E-state index in [9.17, 15) is 8.78 Å². The van der Waals surface area contributed by atoms with Crippen molar-refractivity contribution < 1.29 is 13.5 Å². The number of hydrogen-bond acceptors (Lipinski definition) is 2. The van der Waals surface area contributed by atoms with Gasteiger partial charge in [-0.3, -0.25) is 0 Å². The minimum Gasteiger partial charge on any atom is -0.497 e. The van der Waals surface area contributed by atoms with E-state index in [0.717, 1.165) is 0 Å². The van der Waals surface area contributed by atoms with E-state index in [1.54, 1.807) is 18.2 Å². The largest absolute Gasteiger partial charge is 0.497 e. The second kappa shape index (κ2) is 6.33. The average molecular weight is 342 g/mol. The van der Waals surface area contributed by atoms with Crippen molar-refractivity contribution in [2.45, 2.75) is 12.5 Å². The Morgan fingerprint density at radius 1 is 1.20 bits per heavy atom. The SMILES string of the molecule is COc1ccc(C(N)Cc2cc(F)cc(Br)c2)c(F)c1. The van der Waals surface area contributed by atoms with Gasteiger partial charge in [0.25, 0.3) is 0 Å². The molecule has 2 rings (SSSR count). The number of rotatable bonds is 4. The van der Waals surface area contributed by atoms with E-state index < -0.39 is 11.9 Å². The molecular formula is C15H14BrF2NO. The quantitative estimate of drug-likeness (QED) is 0.912. The molecule has 2 N–H and O–H groups in total. The molecule has 0 saturated carbocycles. The number of halogens is 3. The summed E-state index contributed by atoms with van der Waals surface area (Å²) < 4.78 is 32.8. The van der Waals surface area contributed by atoms with E-state index in [-0.39, 0.29) is 5.82 Å². The van der Waals surface area contributed by atoms with E-state index in [2.05, 4.69) is 15.9 Å². The maximum absolute atomic E-state index is 13.9. The molecule has 20 heavy (non-hydrogen) atoms. The van der Waals surface area contributed by atoms with Gasteiger partial charge in [0.15, 0.2) is 0 Å². The summed E-state index contributed by atoms with van der Waals surface area (Å²) in [5.74, 6) is -0.337. The number of benzene rings is 2. The van der Waals surface area contributed by atoms with Crippen molar-refractivity contribution >= 4 is 15.9 Å². The zero-order valence-electron chi connectivity index (χ0n) is 10.9. The van der Waals surface area contributed by atoms with E-state index in [0.29, 0.717) is 27.8 Å². The van der Waals surface area contributed by atoms with Crippen LogP contribution in [0.3, 0.4) is 0 Å². The van der Waals surface area contributed by atoms with Gasteiger partial charge in [-0.2, -0.15) is 0 Å². The molecule has 0 radical (unpaired) electrons. The van der Waals surface area contributed by atoms with Crippen LogP contribution >= 0.6 is 15.9 Å². The zero-order chi connectivity index (χ0) is 14.7. The first-order valence-electron chi connectivity index (χ1n) is 6.03. The number of methoxy groups -OCH3 is 1. The highest BCUT2D eigenvalue weighted by atomic mass is 79.9. The lowest BCUT2D eigenvalue weighted by Crippen LogP contribution is -2.15. The normalized spacial score (nSPS) is 12.2.